The Morgan fingerprint density at radius 1 is 0.729 bits per heavy atom. The van der Waals surface area contributed by atoms with Crippen molar-refractivity contribution in [2.24, 2.45) is 0 Å². The standard InChI is InChI=1S/C40H45N3O5/c1-41(2)15-6-16-43-18-14-28-23-37(45-5)39-40-38(28)32(43)19-25-7-10-29(11-8-25)46-34-21-26(9-12-33(34)44-4)20-31-30-24-36(48-40)35(47-39)22-27(30)13-17-42(31)3/h7-12,21-24,31-32H,6,13-20H2,1-5H3. The third kappa shape index (κ3) is 5.66. The van der Waals surface area contributed by atoms with Crippen molar-refractivity contribution in [3.63, 3.8) is 0 Å². The zero-order valence-corrected chi connectivity index (χ0v) is 28.7. The highest BCUT2D eigenvalue weighted by Gasteiger charge is 2.38. The lowest BCUT2D eigenvalue weighted by molar-refractivity contribution is 0.170. The van der Waals surface area contributed by atoms with Crippen LogP contribution in [0.2, 0.25) is 0 Å². The number of likely N-dealkylation sites (N-methyl/N-ethyl adjacent to an activating group) is 1. The molecule has 0 spiro atoms. The van der Waals surface area contributed by atoms with Gasteiger partial charge in [0.05, 0.1) is 14.2 Å². The van der Waals surface area contributed by atoms with Gasteiger partial charge in [0, 0.05) is 30.7 Å². The Bertz CT molecular complexity index is 1840. The van der Waals surface area contributed by atoms with E-state index in [1.54, 1.807) is 14.2 Å². The van der Waals surface area contributed by atoms with Gasteiger partial charge in [-0.15, -0.1) is 0 Å². The first-order valence-corrected chi connectivity index (χ1v) is 17.2. The minimum atomic E-state index is 0.111. The van der Waals surface area contributed by atoms with Crippen LogP contribution in [0.4, 0.5) is 0 Å². The average molecular weight is 648 g/mol. The molecule has 0 amide bonds. The van der Waals surface area contributed by atoms with Crippen LogP contribution in [0.1, 0.15) is 51.9 Å². The zero-order valence-electron chi connectivity index (χ0n) is 28.7. The van der Waals surface area contributed by atoms with Crippen molar-refractivity contribution in [3.05, 3.63) is 94.0 Å². The summed E-state index contributed by atoms with van der Waals surface area (Å²) in [4.78, 5) is 7.34. The number of benzene rings is 4. The van der Waals surface area contributed by atoms with Gasteiger partial charge in [-0.3, -0.25) is 9.80 Å². The van der Waals surface area contributed by atoms with Crippen molar-refractivity contribution < 1.29 is 23.7 Å². The first-order valence-electron chi connectivity index (χ1n) is 17.2. The maximum Gasteiger partial charge on any atom is 0.212 e. The molecule has 48 heavy (non-hydrogen) atoms. The van der Waals surface area contributed by atoms with E-state index < -0.39 is 0 Å². The van der Waals surface area contributed by atoms with E-state index in [1.165, 1.54) is 33.4 Å². The zero-order chi connectivity index (χ0) is 32.9. The van der Waals surface area contributed by atoms with Gasteiger partial charge in [0.25, 0.3) is 0 Å². The maximum absolute atomic E-state index is 7.04. The topological polar surface area (TPSA) is 55.9 Å². The average Bonchev–Trinajstić information content (AvgIpc) is 3.08. The molecule has 0 saturated heterocycles. The van der Waals surface area contributed by atoms with E-state index in [0.29, 0.717) is 5.75 Å². The number of hydrogen-bond donors (Lipinski definition) is 0. The number of ether oxygens (including phenoxy) is 5. The number of methoxy groups -OCH3 is 2. The Balaban J connectivity index is 1.29. The number of rotatable bonds is 6. The molecular formula is C40H45N3O5. The molecule has 2 unspecified atom stereocenters. The molecule has 0 aromatic heterocycles. The van der Waals surface area contributed by atoms with Gasteiger partial charge in [0.15, 0.2) is 34.5 Å². The SMILES string of the molecule is COc1ccc2cc1Oc1ccc(cc1)CC1c3c(cc(OC)c4c3Oc3cc5c(cc3O4)CCN(C)C5C2)CCN1CCCN(C)C. The van der Waals surface area contributed by atoms with Gasteiger partial charge in [-0.1, -0.05) is 18.2 Å². The van der Waals surface area contributed by atoms with Crippen LogP contribution in [-0.4, -0.2) is 76.2 Å². The van der Waals surface area contributed by atoms with Crippen LogP contribution in [0, 0.1) is 0 Å². The van der Waals surface area contributed by atoms with Gasteiger partial charge in [0.1, 0.15) is 5.75 Å². The summed E-state index contributed by atoms with van der Waals surface area (Å²) in [6.07, 6.45) is 4.62. The van der Waals surface area contributed by atoms with E-state index in [-0.39, 0.29) is 12.1 Å². The Labute approximate surface area is 283 Å². The second kappa shape index (κ2) is 12.7. The largest absolute Gasteiger partial charge is 0.493 e. The lowest BCUT2D eigenvalue weighted by atomic mass is 9.86. The van der Waals surface area contributed by atoms with Gasteiger partial charge in [-0.2, -0.15) is 0 Å². The summed E-state index contributed by atoms with van der Waals surface area (Å²) in [5.74, 6) is 5.96. The van der Waals surface area contributed by atoms with E-state index in [2.05, 4.69) is 90.4 Å². The van der Waals surface area contributed by atoms with Crippen molar-refractivity contribution in [3.8, 4) is 46.0 Å². The highest BCUT2D eigenvalue weighted by molar-refractivity contribution is 5.67. The number of fused-ring (bicyclic) bond motifs is 2. The summed E-state index contributed by atoms with van der Waals surface area (Å²) in [5.41, 5.74) is 7.47. The molecule has 9 rings (SSSR count). The highest BCUT2D eigenvalue weighted by Crippen LogP contribution is 2.57. The maximum atomic E-state index is 7.04. The second-order valence-electron chi connectivity index (χ2n) is 13.9. The summed E-state index contributed by atoms with van der Waals surface area (Å²) in [6, 6.07) is 21.7. The fraction of sp³-hybridized carbons (Fsp3) is 0.400. The van der Waals surface area contributed by atoms with E-state index >= 15 is 0 Å². The van der Waals surface area contributed by atoms with Crippen molar-refractivity contribution in [1.82, 2.24) is 14.7 Å². The van der Waals surface area contributed by atoms with Crippen molar-refractivity contribution in [1.29, 1.82) is 0 Å². The molecule has 0 N–H and O–H groups in total. The smallest absolute Gasteiger partial charge is 0.212 e. The third-order valence-electron chi connectivity index (χ3n) is 10.5. The molecule has 4 aromatic rings. The highest BCUT2D eigenvalue weighted by atomic mass is 16.6. The van der Waals surface area contributed by atoms with Crippen molar-refractivity contribution in [2.45, 2.75) is 44.2 Å². The molecule has 8 heteroatoms. The number of nitrogens with zero attached hydrogens (tertiary/aromatic N) is 3. The molecule has 5 heterocycles. The van der Waals surface area contributed by atoms with E-state index in [1.807, 2.05) is 6.07 Å². The van der Waals surface area contributed by atoms with E-state index in [9.17, 15) is 0 Å². The lowest BCUT2D eigenvalue weighted by Crippen LogP contribution is -2.38. The van der Waals surface area contributed by atoms with Gasteiger partial charge >= 0.3 is 0 Å². The van der Waals surface area contributed by atoms with Gasteiger partial charge in [-0.25, -0.2) is 0 Å². The Hall–Kier alpha value is -4.24. The Morgan fingerprint density at radius 3 is 2.25 bits per heavy atom. The van der Waals surface area contributed by atoms with E-state index in [4.69, 9.17) is 23.7 Å². The molecule has 7 bridgehead atoms. The minimum Gasteiger partial charge on any atom is -0.493 e. The summed E-state index contributed by atoms with van der Waals surface area (Å²) in [6.45, 7) is 3.98. The summed E-state index contributed by atoms with van der Waals surface area (Å²) in [5, 5.41) is 0. The van der Waals surface area contributed by atoms with Crippen LogP contribution >= 0.6 is 0 Å². The van der Waals surface area contributed by atoms with Crippen molar-refractivity contribution in [2.75, 3.05) is 61.5 Å². The quantitative estimate of drug-likeness (QED) is 0.187. The molecule has 5 aliphatic heterocycles. The number of hydrogen-bond acceptors (Lipinski definition) is 8. The normalized spacial score (nSPS) is 19.6. The fourth-order valence-electron chi connectivity index (χ4n) is 7.97. The molecule has 2 atom stereocenters. The van der Waals surface area contributed by atoms with Crippen LogP contribution in [0.3, 0.4) is 0 Å². The van der Waals surface area contributed by atoms with Crippen LogP contribution in [-0.2, 0) is 25.7 Å². The van der Waals surface area contributed by atoms with E-state index in [0.717, 1.165) is 98.5 Å². The predicted octanol–water partition coefficient (Wildman–Crippen LogP) is 7.57. The third-order valence-corrected chi connectivity index (χ3v) is 10.5. The molecule has 0 saturated carbocycles. The molecule has 8 nitrogen and oxygen atoms in total. The first kappa shape index (κ1) is 31.1. The van der Waals surface area contributed by atoms with Crippen LogP contribution in [0.15, 0.2) is 60.7 Å². The summed E-state index contributed by atoms with van der Waals surface area (Å²) >= 11 is 0. The lowest BCUT2D eigenvalue weighted by Gasteiger charge is -2.40. The Kier molecular flexibility index (Phi) is 8.19. The van der Waals surface area contributed by atoms with Gasteiger partial charge < -0.3 is 28.6 Å². The van der Waals surface area contributed by atoms with Gasteiger partial charge in [-0.05, 0) is 137 Å². The summed E-state index contributed by atoms with van der Waals surface area (Å²) in [7, 11) is 9.92. The fourth-order valence-corrected chi connectivity index (χ4v) is 7.97. The first-order chi connectivity index (χ1) is 23.4. The van der Waals surface area contributed by atoms with Crippen molar-refractivity contribution >= 4 is 0 Å². The molecule has 0 fully saturated rings. The summed E-state index contributed by atoms with van der Waals surface area (Å²) < 4.78 is 32.0. The second-order valence-corrected chi connectivity index (χ2v) is 13.9. The predicted molar refractivity (Wildman–Crippen MR) is 187 cm³/mol. The Morgan fingerprint density at radius 2 is 1.46 bits per heavy atom. The van der Waals surface area contributed by atoms with Crippen LogP contribution < -0.4 is 23.7 Å². The molecule has 0 aliphatic carbocycles. The molecular weight excluding hydrogens is 602 g/mol. The molecule has 5 aliphatic rings. The van der Waals surface area contributed by atoms with Crippen LogP contribution in [0.5, 0.6) is 46.0 Å². The molecule has 4 aromatic carbocycles. The molecule has 250 valence electrons. The van der Waals surface area contributed by atoms with Crippen LogP contribution in [0.25, 0.3) is 0 Å². The molecule has 0 radical (unpaired) electrons. The van der Waals surface area contributed by atoms with Gasteiger partial charge in [0.2, 0.25) is 5.75 Å². The minimum absolute atomic E-state index is 0.111. The monoisotopic (exact) mass is 647 g/mol.